The Hall–Kier alpha value is -2.53. The summed E-state index contributed by atoms with van der Waals surface area (Å²) in [4.78, 5) is 4.58. The van der Waals surface area contributed by atoms with Crippen LogP contribution in [0.5, 0.6) is 11.5 Å². The van der Waals surface area contributed by atoms with Crippen molar-refractivity contribution < 1.29 is 13.9 Å². The van der Waals surface area contributed by atoms with Crippen molar-refractivity contribution in [1.29, 1.82) is 0 Å². The maximum atomic E-state index is 5.93. The molecule has 27 heavy (non-hydrogen) atoms. The summed E-state index contributed by atoms with van der Waals surface area (Å²) < 4.78 is 17.4. The molecule has 0 bridgehead atoms. The van der Waals surface area contributed by atoms with Crippen LogP contribution in [0.3, 0.4) is 0 Å². The fraction of sp³-hybridized carbons (Fsp3) is 0.409. The molecule has 2 aromatic carbocycles. The van der Waals surface area contributed by atoms with Crippen molar-refractivity contribution in [2.75, 3.05) is 26.3 Å². The third-order valence-electron chi connectivity index (χ3n) is 4.24. The summed E-state index contributed by atoms with van der Waals surface area (Å²) in [6.07, 6.45) is 3.16. The average Bonchev–Trinajstić information content (AvgIpc) is 3.12. The normalized spacial score (nSPS) is 11.0. The first-order chi connectivity index (χ1) is 13.3. The van der Waals surface area contributed by atoms with Crippen LogP contribution in [0.4, 0.5) is 0 Å². The number of ether oxygens (including phenoxy) is 2. The molecule has 0 spiro atoms. The molecule has 0 saturated heterocycles. The molecule has 1 aromatic heterocycles. The molecule has 144 valence electrons. The zero-order chi connectivity index (χ0) is 18.9. The quantitative estimate of drug-likeness (QED) is 0.480. The van der Waals surface area contributed by atoms with Gasteiger partial charge in [0.05, 0.1) is 13.2 Å². The summed E-state index contributed by atoms with van der Waals surface area (Å²) in [5.41, 5.74) is 2.49. The highest BCUT2D eigenvalue weighted by Crippen LogP contribution is 2.28. The highest BCUT2D eigenvalue weighted by Gasteiger charge is 2.09. The molecule has 3 aromatic rings. The number of benzene rings is 2. The minimum absolute atomic E-state index is 0.606. The van der Waals surface area contributed by atoms with Gasteiger partial charge < -0.3 is 19.2 Å². The molecule has 0 radical (unpaired) electrons. The van der Waals surface area contributed by atoms with Crippen molar-refractivity contribution in [2.24, 2.45) is 0 Å². The second-order valence-electron chi connectivity index (χ2n) is 6.43. The lowest BCUT2D eigenvalue weighted by Crippen LogP contribution is -2.16. The Morgan fingerprint density at radius 1 is 0.926 bits per heavy atom. The molecule has 0 fully saturated rings. The SMILES string of the molecule is CCCCOc1ccc(-c2nc3ccc(OCCCNCC)cc3o2)cc1. The Bertz CT molecular complexity index is 827. The van der Waals surface area contributed by atoms with Crippen LogP contribution in [0.1, 0.15) is 33.1 Å². The van der Waals surface area contributed by atoms with E-state index < -0.39 is 0 Å². The lowest BCUT2D eigenvalue weighted by Gasteiger charge is -2.05. The lowest BCUT2D eigenvalue weighted by molar-refractivity contribution is 0.309. The van der Waals surface area contributed by atoms with Crippen molar-refractivity contribution in [3.63, 3.8) is 0 Å². The molecular formula is C22H28N2O3. The molecule has 5 nitrogen and oxygen atoms in total. The zero-order valence-electron chi connectivity index (χ0n) is 16.2. The molecule has 3 rings (SSSR count). The topological polar surface area (TPSA) is 56.5 Å². The highest BCUT2D eigenvalue weighted by atomic mass is 16.5. The van der Waals surface area contributed by atoms with E-state index in [-0.39, 0.29) is 0 Å². The van der Waals surface area contributed by atoms with Gasteiger partial charge in [-0.1, -0.05) is 20.3 Å². The van der Waals surface area contributed by atoms with Crippen molar-refractivity contribution in [3.8, 4) is 23.0 Å². The van der Waals surface area contributed by atoms with E-state index in [1.807, 2.05) is 42.5 Å². The molecule has 0 unspecified atom stereocenters. The van der Waals surface area contributed by atoms with E-state index >= 15 is 0 Å². The van der Waals surface area contributed by atoms with Crippen molar-refractivity contribution >= 4 is 11.1 Å². The van der Waals surface area contributed by atoms with E-state index in [0.717, 1.165) is 67.1 Å². The van der Waals surface area contributed by atoms with Crippen LogP contribution in [0.15, 0.2) is 46.9 Å². The van der Waals surface area contributed by atoms with E-state index in [1.54, 1.807) is 0 Å². The van der Waals surface area contributed by atoms with E-state index in [1.165, 1.54) is 0 Å². The van der Waals surface area contributed by atoms with Crippen LogP contribution in [0, 0.1) is 0 Å². The van der Waals surface area contributed by atoms with Crippen molar-refractivity contribution in [1.82, 2.24) is 10.3 Å². The Kier molecular flexibility index (Phi) is 7.11. The van der Waals surface area contributed by atoms with Gasteiger partial charge in [0.15, 0.2) is 5.58 Å². The highest BCUT2D eigenvalue weighted by molar-refractivity contribution is 5.77. The van der Waals surface area contributed by atoms with E-state index in [0.29, 0.717) is 12.5 Å². The summed E-state index contributed by atoms with van der Waals surface area (Å²) in [7, 11) is 0. The van der Waals surface area contributed by atoms with Gasteiger partial charge in [0, 0.05) is 11.6 Å². The summed E-state index contributed by atoms with van der Waals surface area (Å²) >= 11 is 0. The van der Waals surface area contributed by atoms with Gasteiger partial charge in [-0.3, -0.25) is 0 Å². The van der Waals surface area contributed by atoms with Crippen LogP contribution in [0.2, 0.25) is 0 Å². The van der Waals surface area contributed by atoms with E-state index in [9.17, 15) is 0 Å². The second-order valence-corrected chi connectivity index (χ2v) is 6.43. The predicted octanol–water partition coefficient (Wildman–Crippen LogP) is 5.05. The van der Waals surface area contributed by atoms with E-state index in [2.05, 4.69) is 24.1 Å². The van der Waals surface area contributed by atoms with Crippen LogP contribution >= 0.6 is 0 Å². The lowest BCUT2D eigenvalue weighted by atomic mass is 10.2. The van der Waals surface area contributed by atoms with Crippen molar-refractivity contribution in [3.05, 3.63) is 42.5 Å². The minimum Gasteiger partial charge on any atom is -0.494 e. The molecule has 0 amide bonds. The first-order valence-corrected chi connectivity index (χ1v) is 9.77. The molecule has 0 aliphatic heterocycles. The number of nitrogens with one attached hydrogen (secondary N) is 1. The number of rotatable bonds is 11. The van der Waals surface area contributed by atoms with Gasteiger partial charge >= 0.3 is 0 Å². The third-order valence-corrected chi connectivity index (χ3v) is 4.24. The largest absolute Gasteiger partial charge is 0.494 e. The van der Waals surface area contributed by atoms with Gasteiger partial charge in [-0.15, -0.1) is 0 Å². The fourth-order valence-corrected chi connectivity index (χ4v) is 2.71. The van der Waals surface area contributed by atoms with Gasteiger partial charge in [-0.2, -0.15) is 0 Å². The standard InChI is InChI=1S/C22H28N2O3/c1-3-5-14-25-18-9-7-17(8-10-18)22-24-20-12-11-19(16-21(20)27-22)26-15-6-13-23-4-2/h7-12,16,23H,3-6,13-15H2,1-2H3. The maximum absolute atomic E-state index is 5.93. The summed E-state index contributed by atoms with van der Waals surface area (Å²) in [6.45, 7) is 7.63. The number of fused-ring (bicyclic) bond motifs is 1. The van der Waals surface area contributed by atoms with Gasteiger partial charge in [0.1, 0.15) is 17.0 Å². The smallest absolute Gasteiger partial charge is 0.227 e. The number of hydrogen-bond acceptors (Lipinski definition) is 5. The van der Waals surface area contributed by atoms with Crippen molar-refractivity contribution in [2.45, 2.75) is 33.1 Å². The molecular weight excluding hydrogens is 340 g/mol. The van der Waals surface area contributed by atoms with Gasteiger partial charge in [0.2, 0.25) is 5.89 Å². The minimum atomic E-state index is 0.606. The zero-order valence-corrected chi connectivity index (χ0v) is 16.2. The van der Waals surface area contributed by atoms with Crippen LogP contribution in [0.25, 0.3) is 22.6 Å². The van der Waals surface area contributed by atoms with Crippen LogP contribution in [-0.2, 0) is 0 Å². The number of unbranched alkanes of at least 4 members (excludes halogenated alkanes) is 1. The molecule has 1 heterocycles. The van der Waals surface area contributed by atoms with Gasteiger partial charge in [0.25, 0.3) is 0 Å². The molecule has 1 N–H and O–H groups in total. The second kappa shape index (κ2) is 9.97. The first-order valence-electron chi connectivity index (χ1n) is 9.77. The monoisotopic (exact) mass is 368 g/mol. The summed E-state index contributed by atoms with van der Waals surface area (Å²) in [5.74, 6) is 2.28. The molecule has 0 atom stereocenters. The van der Waals surface area contributed by atoms with E-state index in [4.69, 9.17) is 13.9 Å². The Balaban J connectivity index is 1.63. The number of aromatic nitrogens is 1. The Labute approximate surface area is 160 Å². The summed E-state index contributed by atoms with van der Waals surface area (Å²) in [6, 6.07) is 13.6. The first kappa shape index (κ1) is 19.2. The average molecular weight is 368 g/mol. The number of hydrogen-bond donors (Lipinski definition) is 1. The predicted molar refractivity (Wildman–Crippen MR) is 109 cm³/mol. The third kappa shape index (κ3) is 5.47. The molecule has 0 saturated carbocycles. The maximum Gasteiger partial charge on any atom is 0.227 e. The van der Waals surface area contributed by atoms with Crippen LogP contribution < -0.4 is 14.8 Å². The van der Waals surface area contributed by atoms with Gasteiger partial charge in [-0.25, -0.2) is 4.98 Å². The Morgan fingerprint density at radius 2 is 1.67 bits per heavy atom. The van der Waals surface area contributed by atoms with Crippen LogP contribution in [-0.4, -0.2) is 31.3 Å². The molecule has 5 heteroatoms. The summed E-state index contributed by atoms with van der Waals surface area (Å²) in [5, 5.41) is 3.29. The molecule has 0 aliphatic carbocycles. The number of oxazole rings is 1. The Morgan fingerprint density at radius 3 is 2.44 bits per heavy atom. The number of nitrogens with zero attached hydrogens (tertiary/aromatic N) is 1. The molecule has 0 aliphatic rings. The van der Waals surface area contributed by atoms with Gasteiger partial charge in [-0.05, 0) is 62.3 Å². The fourth-order valence-electron chi connectivity index (χ4n) is 2.71.